The first-order chi connectivity index (χ1) is 9.19. The van der Waals surface area contributed by atoms with E-state index >= 15 is 0 Å². The number of benzene rings is 1. The Morgan fingerprint density at radius 1 is 1.47 bits per heavy atom. The first-order valence-electron chi connectivity index (χ1n) is 6.56. The van der Waals surface area contributed by atoms with E-state index in [0.717, 1.165) is 5.56 Å². The van der Waals surface area contributed by atoms with Gasteiger partial charge in [-0.25, -0.2) is 9.18 Å². The second-order valence-corrected chi connectivity index (χ2v) is 5.16. The molecule has 0 unspecified atom stereocenters. The number of likely N-dealkylation sites (tertiary alicyclic amines) is 1. The van der Waals surface area contributed by atoms with Crippen molar-refractivity contribution >= 4 is 6.09 Å². The third-order valence-corrected chi connectivity index (χ3v) is 3.94. The molecule has 0 aliphatic carbocycles. The number of fused-ring (bicyclic) bond motifs is 1. The molecule has 2 aliphatic heterocycles. The summed E-state index contributed by atoms with van der Waals surface area (Å²) in [6, 6.07) is 9.12. The van der Waals surface area contributed by atoms with Gasteiger partial charge in [-0.05, 0) is 5.56 Å². The van der Waals surface area contributed by atoms with E-state index in [1.807, 2.05) is 30.3 Å². The number of alkyl halides is 1. The van der Waals surface area contributed by atoms with E-state index in [9.17, 15) is 9.18 Å². The summed E-state index contributed by atoms with van der Waals surface area (Å²) in [5.74, 6) is 0. The van der Waals surface area contributed by atoms with Crippen LogP contribution < -0.4 is 5.32 Å². The number of nitrogens with zero attached hydrogens (tertiary/aromatic N) is 1. The van der Waals surface area contributed by atoms with Crippen LogP contribution in [0.15, 0.2) is 30.3 Å². The van der Waals surface area contributed by atoms with Crippen molar-refractivity contribution in [3.63, 3.8) is 0 Å². The highest BCUT2D eigenvalue weighted by Gasteiger charge is 2.53. The van der Waals surface area contributed by atoms with Gasteiger partial charge in [0.25, 0.3) is 0 Å². The number of nitrogens with one attached hydrogen (secondary N) is 1. The molecule has 2 aliphatic rings. The van der Waals surface area contributed by atoms with Gasteiger partial charge in [0, 0.05) is 26.1 Å². The van der Waals surface area contributed by atoms with E-state index in [0.29, 0.717) is 26.1 Å². The van der Waals surface area contributed by atoms with Gasteiger partial charge in [-0.3, -0.25) is 0 Å². The number of amides is 1. The molecule has 102 valence electrons. The number of carbonyl (C=O) groups excluding carboxylic acids is 1. The Bertz CT molecular complexity index is 468. The van der Waals surface area contributed by atoms with Gasteiger partial charge in [0.1, 0.15) is 12.3 Å². The van der Waals surface area contributed by atoms with Crippen LogP contribution in [0.1, 0.15) is 12.0 Å². The largest absolute Gasteiger partial charge is 0.445 e. The Morgan fingerprint density at radius 3 is 3.05 bits per heavy atom. The van der Waals surface area contributed by atoms with Crippen LogP contribution in [0, 0.1) is 0 Å². The highest BCUT2D eigenvalue weighted by Crippen LogP contribution is 2.35. The molecule has 1 N–H and O–H groups in total. The second kappa shape index (κ2) is 4.81. The summed E-state index contributed by atoms with van der Waals surface area (Å²) < 4.78 is 19.6. The molecule has 1 amide bonds. The normalized spacial score (nSPS) is 29.3. The fourth-order valence-corrected chi connectivity index (χ4v) is 2.84. The number of rotatable bonds is 2. The maximum atomic E-state index is 14.4. The van der Waals surface area contributed by atoms with E-state index in [2.05, 4.69) is 5.32 Å². The molecule has 4 nitrogen and oxygen atoms in total. The lowest BCUT2D eigenvalue weighted by Crippen LogP contribution is -2.43. The van der Waals surface area contributed by atoms with Crippen LogP contribution in [0.3, 0.4) is 0 Å². The van der Waals surface area contributed by atoms with Gasteiger partial charge in [-0.15, -0.1) is 0 Å². The molecule has 0 spiro atoms. The molecule has 2 saturated heterocycles. The maximum absolute atomic E-state index is 14.4. The molecule has 3 rings (SSSR count). The molecule has 5 heteroatoms. The van der Waals surface area contributed by atoms with E-state index in [4.69, 9.17) is 4.74 Å². The highest BCUT2D eigenvalue weighted by atomic mass is 19.1. The Labute approximate surface area is 111 Å². The Balaban J connectivity index is 1.59. The number of halogens is 1. The lowest BCUT2D eigenvalue weighted by atomic mass is 10.0. The third kappa shape index (κ3) is 2.30. The van der Waals surface area contributed by atoms with Gasteiger partial charge >= 0.3 is 6.09 Å². The average Bonchev–Trinajstić information content (AvgIpc) is 2.94. The summed E-state index contributed by atoms with van der Waals surface area (Å²) >= 11 is 0. The molecule has 19 heavy (non-hydrogen) atoms. The lowest BCUT2D eigenvalue weighted by molar-refractivity contribution is 0.0791. The van der Waals surface area contributed by atoms with Crippen molar-refractivity contribution in [1.29, 1.82) is 0 Å². The van der Waals surface area contributed by atoms with Crippen LogP contribution in [0.2, 0.25) is 0 Å². The lowest BCUT2D eigenvalue weighted by Gasteiger charge is -2.24. The Kier molecular flexibility index (Phi) is 3.14. The number of carbonyl (C=O) groups is 1. The Hall–Kier alpha value is -1.62. The summed E-state index contributed by atoms with van der Waals surface area (Å²) in [5, 5.41) is 3.00. The molecular weight excluding hydrogens is 247 g/mol. The monoisotopic (exact) mass is 264 g/mol. The summed E-state index contributed by atoms with van der Waals surface area (Å²) in [5.41, 5.74) is -0.336. The van der Waals surface area contributed by atoms with Crippen LogP contribution in [0.25, 0.3) is 0 Å². The van der Waals surface area contributed by atoms with E-state index < -0.39 is 11.8 Å². The van der Waals surface area contributed by atoms with Crippen molar-refractivity contribution < 1.29 is 13.9 Å². The average molecular weight is 264 g/mol. The summed E-state index contributed by atoms with van der Waals surface area (Å²) in [6.45, 7) is 1.52. The smallest absolute Gasteiger partial charge is 0.410 e. The Morgan fingerprint density at radius 2 is 2.26 bits per heavy atom. The van der Waals surface area contributed by atoms with Crippen LogP contribution >= 0.6 is 0 Å². The standard InChI is InChI=1S/C14H17FN2O2/c15-14-6-7-17(12(14)8-16-10-14)13(18)19-9-11-4-2-1-3-5-11/h1-5,12,16H,6-10H2/t12-,14-/m0/s1. The van der Waals surface area contributed by atoms with Crippen LogP contribution in [0.4, 0.5) is 9.18 Å². The molecule has 1 aromatic carbocycles. The van der Waals surface area contributed by atoms with Crippen molar-refractivity contribution in [3.05, 3.63) is 35.9 Å². The number of hydrogen-bond acceptors (Lipinski definition) is 3. The molecule has 0 radical (unpaired) electrons. The van der Waals surface area contributed by atoms with Gasteiger partial charge in [0.05, 0.1) is 6.04 Å². The van der Waals surface area contributed by atoms with Gasteiger partial charge in [0.2, 0.25) is 0 Å². The second-order valence-electron chi connectivity index (χ2n) is 5.16. The minimum absolute atomic E-state index is 0.232. The number of hydrogen-bond donors (Lipinski definition) is 1. The molecule has 2 fully saturated rings. The third-order valence-electron chi connectivity index (χ3n) is 3.94. The molecule has 0 aromatic heterocycles. The zero-order valence-electron chi connectivity index (χ0n) is 10.6. The van der Waals surface area contributed by atoms with Crippen LogP contribution in [-0.2, 0) is 11.3 Å². The predicted molar refractivity (Wildman–Crippen MR) is 68.4 cm³/mol. The minimum Gasteiger partial charge on any atom is -0.445 e. The predicted octanol–water partition coefficient (Wildman–Crippen LogP) is 1.71. The van der Waals surface area contributed by atoms with E-state index in [-0.39, 0.29) is 12.6 Å². The van der Waals surface area contributed by atoms with Crippen LogP contribution in [0.5, 0.6) is 0 Å². The molecule has 0 bridgehead atoms. The number of ether oxygens (including phenoxy) is 1. The summed E-state index contributed by atoms with van der Waals surface area (Å²) in [7, 11) is 0. The van der Waals surface area contributed by atoms with Crippen molar-refractivity contribution in [3.8, 4) is 0 Å². The summed E-state index contributed by atoms with van der Waals surface area (Å²) in [4.78, 5) is 13.5. The van der Waals surface area contributed by atoms with Crippen LogP contribution in [-0.4, -0.2) is 42.3 Å². The SMILES string of the molecule is O=C(OCc1ccccc1)N1CC[C@]2(F)CNC[C@H]12. The topological polar surface area (TPSA) is 41.6 Å². The fraction of sp³-hybridized carbons (Fsp3) is 0.500. The van der Waals surface area contributed by atoms with Gasteiger partial charge in [0.15, 0.2) is 0 Å². The van der Waals surface area contributed by atoms with Gasteiger partial charge < -0.3 is 15.0 Å². The van der Waals surface area contributed by atoms with Crippen molar-refractivity contribution in [2.24, 2.45) is 0 Å². The molecule has 2 heterocycles. The maximum Gasteiger partial charge on any atom is 0.410 e. The zero-order chi connectivity index (χ0) is 13.3. The molecule has 0 saturated carbocycles. The minimum atomic E-state index is -1.27. The van der Waals surface area contributed by atoms with Gasteiger partial charge in [-0.1, -0.05) is 30.3 Å². The van der Waals surface area contributed by atoms with Crippen molar-refractivity contribution in [2.75, 3.05) is 19.6 Å². The van der Waals surface area contributed by atoms with Crippen molar-refractivity contribution in [2.45, 2.75) is 24.7 Å². The van der Waals surface area contributed by atoms with Crippen molar-refractivity contribution in [1.82, 2.24) is 10.2 Å². The first-order valence-corrected chi connectivity index (χ1v) is 6.56. The quantitative estimate of drug-likeness (QED) is 0.884. The van der Waals surface area contributed by atoms with Gasteiger partial charge in [-0.2, -0.15) is 0 Å². The fourth-order valence-electron chi connectivity index (χ4n) is 2.84. The first kappa shape index (κ1) is 12.4. The molecular formula is C14H17FN2O2. The van der Waals surface area contributed by atoms with E-state index in [1.165, 1.54) is 4.90 Å². The van der Waals surface area contributed by atoms with E-state index in [1.54, 1.807) is 0 Å². The molecule has 1 aromatic rings. The zero-order valence-corrected chi connectivity index (χ0v) is 10.6. The molecule has 2 atom stereocenters. The summed E-state index contributed by atoms with van der Waals surface area (Å²) in [6.07, 6.45) is -0.0254. The highest BCUT2D eigenvalue weighted by molar-refractivity contribution is 5.69.